The van der Waals surface area contributed by atoms with Crippen molar-refractivity contribution >= 4 is 28.5 Å². The molecule has 3 heterocycles. The number of rotatable bonds is 2. The van der Waals surface area contributed by atoms with E-state index < -0.39 is 0 Å². The molecule has 1 atom stereocenters. The van der Waals surface area contributed by atoms with Crippen LogP contribution in [0, 0.1) is 10.5 Å². The van der Waals surface area contributed by atoms with Crippen LogP contribution in [0.3, 0.4) is 0 Å². The number of hydrogen-bond donors (Lipinski definition) is 0. The summed E-state index contributed by atoms with van der Waals surface area (Å²) in [6, 6.07) is 5.98. The van der Waals surface area contributed by atoms with E-state index in [-0.39, 0.29) is 5.91 Å². The molecule has 0 bridgehead atoms. The van der Waals surface area contributed by atoms with Crippen LogP contribution in [0.1, 0.15) is 65.6 Å². The van der Waals surface area contributed by atoms with Gasteiger partial charge in [0.25, 0.3) is 5.91 Å². The molecule has 26 heavy (non-hydrogen) atoms. The first kappa shape index (κ1) is 17.9. The highest BCUT2D eigenvalue weighted by atomic mass is 127. The lowest BCUT2D eigenvalue weighted by atomic mass is 9.96. The minimum absolute atomic E-state index is 0.151. The van der Waals surface area contributed by atoms with Gasteiger partial charge in [0.2, 0.25) is 0 Å². The number of nitrogens with zero attached hydrogens (tertiary/aromatic N) is 4. The van der Waals surface area contributed by atoms with Gasteiger partial charge in [-0.3, -0.25) is 4.79 Å². The van der Waals surface area contributed by atoms with Crippen molar-refractivity contribution in [3.63, 3.8) is 0 Å². The minimum Gasteiger partial charge on any atom is -0.338 e. The first-order chi connectivity index (χ1) is 12.6. The smallest absolute Gasteiger partial charge is 0.254 e. The van der Waals surface area contributed by atoms with Gasteiger partial charge in [-0.15, -0.1) is 10.2 Å². The first-order valence-electron chi connectivity index (χ1n) is 9.61. The zero-order valence-electron chi connectivity index (χ0n) is 15.2. The third kappa shape index (κ3) is 3.40. The summed E-state index contributed by atoms with van der Waals surface area (Å²) in [4.78, 5) is 15.1. The zero-order chi connectivity index (χ0) is 18.1. The molecule has 1 aromatic heterocycles. The number of carbonyl (C=O) groups excluding carboxylic acids is 1. The average Bonchev–Trinajstić information content (AvgIpc) is 2.92. The number of carbonyl (C=O) groups is 1. The highest BCUT2D eigenvalue weighted by Crippen LogP contribution is 2.29. The second-order valence-corrected chi connectivity index (χ2v) is 8.54. The van der Waals surface area contributed by atoms with E-state index in [4.69, 9.17) is 0 Å². The molecule has 1 unspecified atom stereocenters. The fourth-order valence-electron chi connectivity index (χ4n) is 4.16. The maximum absolute atomic E-state index is 13.1. The Bertz CT molecular complexity index is 816. The Morgan fingerprint density at radius 3 is 2.92 bits per heavy atom. The predicted octanol–water partition coefficient (Wildman–Crippen LogP) is 3.94. The quantitative estimate of drug-likeness (QED) is 0.633. The van der Waals surface area contributed by atoms with Gasteiger partial charge >= 0.3 is 0 Å². The zero-order valence-corrected chi connectivity index (χ0v) is 17.4. The summed E-state index contributed by atoms with van der Waals surface area (Å²) < 4.78 is 3.40. The van der Waals surface area contributed by atoms with E-state index in [0.29, 0.717) is 5.92 Å². The predicted molar refractivity (Wildman–Crippen MR) is 109 cm³/mol. The monoisotopic (exact) mass is 464 g/mol. The standard InChI is InChI=1S/C20H25IN4O/c1-14-7-5-9-16(18(14)21)20(26)24-11-6-8-15(13-24)19-23-22-17-10-3-2-4-12-25(17)19/h5,7,9,15H,2-4,6,8,10-13H2,1H3. The van der Waals surface area contributed by atoms with E-state index in [2.05, 4.69) is 50.3 Å². The van der Waals surface area contributed by atoms with Crippen LogP contribution in [0.5, 0.6) is 0 Å². The van der Waals surface area contributed by atoms with Crippen LogP contribution in [-0.4, -0.2) is 38.7 Å². The van der Waals surface area contributed by atoms with Crippen molar-refractivity contribution in [3.8, 4) is 0 Å². The van der Waals surface area contributed by atoms with E-state index in [1.54, 1.807) is 0 Å². The molecule has 138 valence electrons. The van der Waals surface area contributed by atoms with Gasteiger partial charge in [-0.05, 0) is 66.8 Å². The molecule has 2 aromatic rings. The maximum atomic E-state index is 13.1. The third-order valence-corrected chi connectivity index (χ3v) is 7.07. The molecule has 4 rings (SSSR count). The Morgan fingerprint density at radius 2 is 2.04 bits per heavy atom. The van der Waals surface area contributed by atoms with Crippen molar-refractivity contribution in [1.29, 1.82) is 0 Å². The van der Waals surface area contributed by atoms with Gasteiger partial charge < -0.3 is 9.47 Å². The van der Waals surface area contributed by atoms with Gasteiger partial charge in [-0.2, -0.15) is 0 Å². The summed E-state index contributed by atoms with van der Waals surface area (Å²) in [7, 11) is 0. The summed E-state index contributed by atoms with van der Waals surface area (Å²) in [5, 5.41) is 8.99. The number of benzene rings is 1. The summed E-state index contributed by atoms with van der Waals surface area (Å²) in [6.45, 7) is 4.67. The largest absolute Gasteiger partial charge is 0.338 e. The van der Waals surface area contributed by atoms with E-state index in [9.17, 15) is 4.79 Å². The van der Waals surface area contributed by atoms with Crippen molar-refractivity contribution in [2.24, 2.45) is 0 Å². The second kappa shape index (κ2) is 7.66. The van der Waals surface area contributed by atoms with Crippen molar-refractivity contribution in [3.05, 3.63) is 44.5 Å². The number of fused-ring (bicyclic) bond motifs is 1. The molecule has 2 aliphatic heterocycles. The Morgan fingerprint density at radius 1 is 1.15 bits per heavy atom. The average molecular weight is 464 g/mol. The molecular formula is C20H25IN4O. The topological polar surface area (TPSA) is 51.0 Å². The maximum Gasteiger partial charge on any atom is 0.254 e. The molecule has 0 N–H and O–H groups in total. The Balaban J connectivity index is 1.56. The van der Waals surface area contributed by atoms with Crippen LogP contribution in [0.25, 0.3) is 0 Å². The highest BCUT2D eigenvalue weighted by molar-refractivity contribution is 14.1. The van der Waals surface area contributed by atoms with Crippen LogP contribution in [0.4, 0.5) is 0 Å². The van der Waals surface area contributed by atoms with Gasteiger partial charge in [-0.1, -0.05) is 18.6 Å². The lowest BCUT2D eigenvalue weighted by Crippen LogP contribution is -2.40. The fraction of sp³-hybridized carbons (Fsp3) is 0.550. The molecule has 1 aromatic carbocycles. The molecule has 1 fully saturated rings. The highest BCUT2D eigenvalue weighted by Gasteiger charge is 2.30. The van der Waals surface area contributed by atoms with Crippen molar-refractivity contribution in [2.75, 3.05) is 13.1 Å². The molecule has 2 aliphatic rings. The number of aryl methyl sites for hydroxylation is 2. The van der Waals surface area contributed by atoms with Gasteiger partial charge in [-0.25, -0.2) is 0 Å². The van der Waals surface area contributed by atoms with E-state index in [0.717, 1.165) is 65.2 Å². The van der Waals surface area contributed by atoms with Crippen LogP contribution in [0.2, 0.25) is 0 Å². The fourth-order valence-corrected chi connectivity index (χ4v) is 4.76. The van der Waals surface area contributed by atoms with Crippen molar-refractivity contribution in [2.45, 2.75) is 57.9 Å². The molecular weight excluding hydrogens is 439 g/mol. The number of aromatic nitrogens is 3. The van der Waals surface area contributed by atoms with Gasteiger partial charge in [0.05, 0.1) is 5.56 Å². The number of hydrogen-bond acceptors (Lipinski definition) is 3. The SMILES string of the molecule is Cc1cccc(C(=O)N2CCCC(c3nnc4n3CCCCC4)C2)c1I. The van der Waals surface area contributed by atoms with Crippen LogP contribution < -0.4 is 0 Å². The lowest BCUT2D eigenvalue weighted by molar-refractivity contribution is 0.0702. The molecule has 1 amide bonds. The third-order valence-electron chi connectivity index (χ3n) is 5.63. The Hall–Kier alpha value is -1.44. The van der Waals surface area contributed by atoms with Crippen LogP contribution in [-0.2, 0) is 13.0 Å². The van der Waals surface area contributed by atoms with Gasteiger partial charge in [0.15, 0.2) is 0 Å². The summed E-state index contributed by atoms with van der Waals surface area (Å²) in [6.07, 6.45) is 6.83. The Labute approximate surface area is 168 Å². The Kier molecular flexibility index (Phi) is 5.29. The van der Waals surface area contributed by atoms with Crippen molar-refractivity contribution < 1.29 is 4.79 Å². The van der Waals surface area contributed by atoms with E-state index in [1.165, 1.54) is 19.3 Å². The first-order valence-corrected chi connectivity index (χ1v) is 10.7. The molecule has 0 aliphatic carbocycles. The molecule has 1 saturated heterocycles. The normalized spacial score (nSPS) is 20.5. The number of halogens is 1. The van der Waals surface area contributed by atoms with Gasteiger partial charge in [0.1, 0.15) is 11.6 Å². The lowest BCUT2D eigenvalue weighted by Gasteiger charge is -2.33. The van der Waals surface area contributed by atoms with Crippen LogP contribution in [0.15, 0.2) is 18.2 Å². The molecule has 0 spiro atoms. The molecule has 6 heteroatoms. The molecule has 0 saturated carbocycles. The van der Waals surface area contributed by atoms with E-state index in [1.807, 2.05) is 17.0 Å². The van der Waals surface area contributed by atoms with Crippen LogP contribution >= 0.6 is 22.6 Å². The number of piperidine rings is 1. The van der Waals surface area contributed by atoms with Crippen molar-refractivity contribution in [1.82, 2.24) is 19.7 Å². The van der Waals surface area contributed by atoms with Gasteiger partial charge in [0, 0.05) is 35.5 Å². The molecule has 0 radical (unpaired) electrons. The summed E-state index contributed by atoms with van der Waals surface area (Å²) in [5.74, 6) is 2.68. The molecule has 5 nitrogen and oxygen atoms in total. The summed E-state index contributed by atoms with van der Waals surface area (Å²) in [5.41, 5.74) is 1.99. The van der Waals surface area contributed by atoms with E-state index >= 15 is 0 Å². The summed E-state index contributed by atoms with van der Waals surface area (Å²) >= 11 is 2.29. The number of amides is 1. The minimum atomic E-state index is 0.151. The number of likely N-dealkylation sites (tertiary alicyclic amines) is 1. The second-order valence-electron chi connectivity index (χ2n) is 7.46.